The molecule has 1 amide bonds. The van der Waals surface area contributed by atoms with Crippen molar-refractivity contribution in [1.82, 2.24) is 10.2 Å². The van der Waals surface area contributed by atoms with E-state index in [0.717, 1.165) is 32.4 Å². The van der Waals surface area contributed by atoms with Gasteiger partial charge in [0.1, 0.15) is 0 Å². The molecule has 1 saturated heterocycles. The van der Waals surface area contributed by atoms with Crippen molar-refractivity contribution >= 4 is 5.91 Å². The van der Waals surface area contributed by atoms with E-state index in [9.17, 15) is 4.79 Å². The zero-order chi connectivity index (χ0) is 13.9. The second-order valence-electron chi connectivity index (χ2n) is 6.94. The van der Waals surface area contributed by atoms with Crippen molar-refractivity contribution in [2.24, 2.45) is 11.3 Å². The maximum Gasteiger partial charge on any atom is 0.229 e. The van der Waals surface area contributed by atoms with Crippen LogP contribution in [0.25, 0.3) is 0 Å². The second kappa shape index (κ2) is 6.25. The van der Waals surface area contributed by atoms with Gasteiger partial charge >= 0.3 is 0 Å². The molecule has 3 heteroatoms. The van der Waals surface area contributed by atoms with Crippen LogP contribution in [0.3, 0.4) is 0 Å². The Balaban J connectivity index is 2.10. The molecular formula is C16H30N2O. The lowest BCUT2D eigenvalue weighted by molar-refractivity contribution is -0.143. The fourth-order valence-corrected chi connectivity index (χ4v) is 4.19. The zero-order valence-electron chi connectivity index (χ0n) is 12.9. The predicted octanol–water partition coefficient (Wildman–Crippen LogP) is 2.80. The Morgan fingerprint density at radius 3 is 2.58 bits per heavy atom. The van der Waals surface area contributed by atoms with Crippen LogP contribution in [0, 0.1) is 11.3 Å². The highest BCUT2D eigenvalue weighted by Crippen LogP contribution is 2.45. The van der Waals surface area contributed by atoms with E-state index in [4.69, 9.17) is 0 Å². The third kappa shape index (κ3) is 3.13. The summed E-state index contributed by atoms with van der Waals surface area (Å²) >= 11 is 0. The lowest BCUT2D eigenvalue weighted by atomic mass is 9.77. The zero-order valence-corrected chi connectivity index (χ0v) is 12.9. The molecule has 0 aromatic carbocycles. The van der Waals surface area contributed by atoms with Crippen LogP contribution >= 0.6 is 0 Å². The Morgan fingerprint density at radius 2 is 2.00 bits per heavy atom. The summed E-state index contributed by atoms with van der Waals surface area (Å²) in [6.07, 6.45) is 8.14. The molecule has 1 aliphatic heterocycles. The normalized spacial score (nSPS) is 26.3. The highest BCUT2D eigenvalue weighted by molar-refractivity contribution is 5.83. The van der Waals surface area contributed by atoms with Gasteiger partial charge in [0, 0.05) is 24.5 Å². The van der Waals surface area contributed by atoms with Crippen molar-refractivity contribution in [1.29, 1.82) is 0 Å². The monoisotopic (exact) mass is 266 g/mol. The van der Waals surface area contributed by atoms with Gasteiger partial charge < -0.3 is 10.2 Å². The first-order valence-electron chi connectivity index (χ1n) is 8.05. The Labute approximate surface area is 118 Å². The van der Waals surface area contributed by atoms with Crippen LogP contribution in [0.1, 0.15) is 58.8 Å². The minimum atomic E-state index is -0.0233. The van der Waals surface area contributed by atoms with Gasteiger partial charge in [-0.3, -0.25) is 4.79 Å². The third-order valence-corrected chi connectivity index (χ3v) is 4.89. The maximum absolute atomic E-state index is 13.1. The molecule has 0 aromatic heterocycles. The largest absolute Gasteiger partial charge is 0.338 e. The van der Waals surface area contributed by atoms with Gasteiger partial charge in [0.25, 0.3) is 0 Å². The highest BCUT2D eigenvalue weighted by Gasteiger charge is 2.45. The molecule has 2 rings (SSSR count). The summed E-state index contributed by atoms with van der Waals surface area (Å²) < 4.78 is 0. The fourth-order valence-electron chi connectivity index (χ4n) is 4.19. The molecule has 19 heavy (non-hydrogen) atoms. The number of carbonyl (C=O) groups excluding carboxylic acids is 1. The van der Waals surface area contributed by atoms with E-state index in [1.165, 1.54) is 25.7 Å². The first-order valence-corrected chi connectivity index (χ1v) is 8.05. The van der Waals surface area contributed by atoms with Gasteiger partial charge in [0.2, 0.25) is 5.91 Å². The molecule has 0 spiro atoms. The van der Waals surface area contributed by atoms with Gasteiger partial charge in [-0.1, -0.05) is 26.7 Å². The van der Waals surface area contributed by atoms with Crippen LogP contribution in [-0.2, 0) is 4.79 Å². The van der Waals surface area contributed by atoms with Crippen molar-refractivity contribution in [3.8, 4) is 0 Å². The molecule has 1 unspecified atom stereocenters. The molecule has 2 fully saturated rings. The molecule has 110 valence electrons. The predicted molar refractivity (Wildman–Crippen MR) is 79.0 cm³/mol. The van der Waals surface area contributed by atoms with E-state index in [-0.39, 0.29) is 5.41 Å². The van der Waals surface area contributed by atoms with Crippen LogP contribution in [-0.4, -0.2) is 37.0 Å². The van der Waals surface area contributed by atoms with Crippen LogP contribution < -0.4 is 5.32 Å². The minimum Gasteiger partial charge on any atom is -0.338 e. The molecule has 1 saturated carbocycles. The summed E-state index contributed by atoms with van der Waals surface area (Å²) in [6, 6.07) is 0.433. The molecule has 1 atom stereocenters. The van der Waals surface area contributed by atoms with Gasteiger partial charge in [-0.25, -0.2) is 0 Å². The first-order chi connectivity index (χ1) is 9.09. The Morgan fingerprint density at radius 1 is 1.32 bits per heavy atom. The summed E-state index contributed by atoms with van der Waals surface area (Å²) in [7, 11) is 1.99. The minimum absolute atomic E-state index is 0.0233. The molecule has 3 nitrogen and oxygen atoms in total. The Bertz CT molecular complexity index is 308. The first kappa shape index (κ1) is 14.8. The molecule has 0 radical (unpaired) electrons. The number of amides is 1. The van der Waals surface area contributed by atoms with Crippen molar-refractivity contribution in [2.75, 3.05) is 20.1 Å². The van der Waals surface area contributed by atoms with Gasteiger partial charge in [-0.2, -0.15) is 0 Å². The molecule has 0 bridgehead atoms. The number of carbonyl (C=O) groups is 1. The number of rotatable bonds is 5. The smallest absolute Gasteiger partial charge is 0.229 e. The van der Waals surface area contributed by atoms with Crippen LogP contribution in [0.5, 0.6) is 0 Å². The quantitative estimate of drug-likeness (QED) is 0.830. The van der Waals surface area contributed by atoms with E-state index in [2.05, 4.69) is 24.1 Å². The standard InChI is InChI=1S/C16H30N2O/c1-13(2)11-16(8-4-5-9-16)15(19)18-10-6-7-14(18)12-17-3/h13-14,17H,4-12H2,1-3H3. The lowest BCUT2D eigenvalue weighted by Crippen LogP contribution is -2.48. The van der Waals surface area contributed by atoms with E-state index in [1.54, 1.807) is 0 Å². The van der Waals surface area contributed by atoms with Gasteiger partial charge in [0.15, 0.2) is 0 Å². The molecule has 1 heterocycles. The summed E-state index contributed by atoms with van der Waals surface area (Å²) in [6.45, 7) is 6.43. The van der Waals surface area contributed by atoms with Crippen molar-refractivity contribution in [3.63, 3.8) is 0 Å². The van der Waals surface area contributed by atoms with Crippen molar-refractivity contribution < 1.29 is 4.79 Å². The van der Waals surface area contributed by atoms with E-state index < -0.39 is 0 Å². The van der Waals surface area contributed by atoms with Gasteiger partial charge in [-0.15, -0.1) is 0 Å². The van der Waals surface area contributed by atoms with E-state index >= 15 is 0 Å². The molecule has 2 aliphatic rings. The number of nitrogens with one attached hydrogen (secondary N) is 1. The number of likely N-dealkylation sites (tertiary alicyclic amines) is 1. The topological polar surface area (TPSA) is 32.3 Å². The fraction of sp³-hybridized carbons (Fsp3) is 0.938. The van der Waals surface area contributed by atoms with E-state index in [0.29, 0.717) is 17.9 Å². The second-order valence-corrected chi connectivity index (χ2v) is 6.94. The molecular weight excluding hydrogens is 236 g/mol. The summed E-state index contributed by atoms with van der Waals surface area (Å²) in [5.74, 6) is 1.09. The number of hydrogen-bond acceptors (Lipinski definition) is 2. The number of nitrogens with zero attached hydrogens (tertiary/aromatic N) is 1. The summed E-state index contributed by atoms with van der Waals surface area (Å²) in [5, 5.41) is 3.24. The molecule has 1 aliphatic carbocycles. The Hall–Kier alpha value is -0.570. The SMILES string of the molecule is CNCC1CCCN1C(=O)C1(CC(C)C)CCCC1. The summed E-state index contributed by atoms with van der Waals surface area (Å²) in [5.41, 5.74) is -0.0233. The van der Waals surface area contributed by atoms with Crippen LogP contribution in [0.2, 0.25) is 0 Å². The highest BCUT2D eigenvalue weighted by atomic mass is 16.2. The molecule has 0 aromatic rings. The lowest BCUT2D eigenvalue weighted by Gasteiger charge is -2.36. The third-order valence-electron chi connectivity index (χ3n) is 4.89. The maximum atomic E-state index is 13.1. The van der Waals surface area contributed by atoms with E-state index in [1.807, 2.05) is 7.05 Å². The molecule has 1 N–H and O–H groups in total. The van der Waals surface area contributed by atoms with Crippen molar-refractivity contribution in [2.45, 2.75) is 64.8 Å². The van der Waals surface area contributed by atoms with Crippen LogP contribution in [0.4, 0.5) is 0 Å². The number of hydrogen-bond donors (Lipinski definition) is 1. The summed E-state index contributed by atoms with van der Waals surface area (Å²) in [4.78, 5) is 15.3. The Kier molecular flexibility index (Phi) is 4.88. The van der Waals surface area contributed by atoms with Gasteiger partial charge in [0.05, 0.1) is 0 Å². The van der Waals surface area contributed by atoms with Gasteiger partial charge in [-0.05, 0) is 45.1 Å². The van der Waals surface area contributed by atoms with Crippen molar-refractivity contribution in [3.05, 3.63) is 0 Å². The number of likely N-dealkylation sites (N-methyl/N-ethyl adjacent to an activating group) is 1. The average Bonchev–Trinajstić information content (AvgIpc) is 2.98. The van der Waals surface area contributed by atoms with Crippen LogP contribution in [0.15, 0.2) is 0 Å². The average molecular weight is 266 g/mol.